The Morgan fingerprint density at radius 1 is 1.12 bits per heavy atom. The zero-order valence-electron chi connectivity index (χ0n) is 17.7. The third-order valence-electron chi connectivity index (χ3n) is 5.64. The van der Waals surface area contributed by atoms with Gasteiger partial charge in [-0.2, -0.15) is 0 Å². The van der Waals surface area contributed by atoms with Crippen LogP contribution in [0.3, 0.4) is 0 Å². The summed E-state index contributed by atoms with van der Waals surface area (Å²) in [5, 5.41) is 7.34. The van der Waals surface area contributed by atoms with Crippen molar-refractivity contribution in [3.8, 4) is 0 Å². The van der Waals surface area contributed by atoms with Gasteiger partial charge in [-0.1, -0.05) is 48.2 Å². The molecular formula is C24H25ClN4O3. The van der Waals surface area contributed by atoms with Crippen molar-refractivity contribution >= 4 is 23.4 Å². The predicted molar refractivity (Wildman–Crippen MR) is 120 cm³/mol. The summed E-state index contributed by atoms with van der Waals surface area (Å²) in [7, 11) is 0. The van der Waals surface area contributed by atoms with Crippen LogP contribution in [-0.4, -0.2) is 32.9 Å². The van der Waals surface area contributed by atoms with E-state index in [1.165, 1.54) is 6.42 Å². The summed E-state index contributed by atoms with van der Waals surface area (Å²) in [6, 6.07) is 12.5. The fourth-order valence-corrected chi connectivity index (χ4v) is 4.21. The number of carbonyl (C=O) groups is 2. The molecule has 0 bridgehead atoms. The van der Waals surface area contributed by atoms with Crippen molar-refractivity contribution in [1.82, 2.24) is 20.4 Å². The molecule has 0 unspecified atom stereocenters. The lowest BCUT2D eigenvalue weighted by atomic mass is 9.93. The van der Waals surface area contributed by atoms with E-state index in [2.05, 4.69) is 15.5 Å². The van der Waals surface area contributed by atoms with E-state index in [4.69, 9.17) is 16.1 Å². The van der Waals surface area contributed by atoms with Crippen LogP contribution in [0.15, 0.2) is 59.4 Å². The predicted octanol–water partition coefficient (Wildman–Crippen LogP) is 4.63. The summed E-state index contributed by atoms with van der Waals surface area (Å²) in [4.78, 5) is 31.6. The van der Waals surface area contributed by atoms with Gasteiger partial charge in [0.25, 0.3) is 11.8 Å². The molecule has 1 fully saturated rings. The highest BCUT2D eigenvalue weighted by atomic mass is 35.5. The SMILES string of the molecule is O=C(NCc1cccc(Cl)c1)c1cc(CN(C(=O)c2cccnc2)C2CCCCC2)on1. The molecule has 2 amide bonds. The number of aromatic nitrogens is 2. The van der Waals surface area contributed by atoms with E-state index in [9.17, 15) is 9.59 Å². The van der Waals surface area contributed by atoms with Gasteiger partial charge in [-0.25, -0.2) is 0 Å². The summed E-state index contributed by atoms with van der Waals surface area (Å²) in [6.45, 7) is 0.586. The second kappa shape index (κ2) is 10.4. The highest BCUT2D eigenvalue weighted by Crippen LogP contribution is 2.26. The van der Waals surface area contributed by atoms with E-state index in [1.807, 2.05) is 17.0 Å². The number of amides is 2. The molecule has 166 valence electrons. The quantitative estimate of drug-likeness (QED) is 0.564. The van der Waals surface area contributed by atoms with E-state index in [-0.39, 0.29) is 30.1 Å². The van der Waals surface area contributed by atoms with Crippen molar-refractivity contribution in [3.63, 3.8) is 0 Å². The molecule has 1 aliphatic carbocycles. The maximum atomic E-state index is 13.2. The Hall–Kier alpha value is -3.19. The van der Waals surface area contributed by atoms with E-state index in [0.717, 1.165) is 31.2 Å². The average molecular weight is 453 g/mol. The highest BCUT2D eigenvalue weighted by molar-refractivity contribution is 6.30. The number of pyridine rings is 1. The van der Waals surface area contributed by atoms with Crippen molar-refractivity contribution in [3.05, 3.63) is 82.5 Å². The standard InChI is InChI=1S/C24H25ClN4O3/c25-19-8-4-6-17(12-19)14-27-23(30)22-13-21(32-28-22)16-29(20-9-2-1-3-10-20)24(31)18-7-5-11-26-15-18/h4-8,11-13,15,20H,1-3,9-10,14,16H2,(H,27,30). The Labute approximate surface area is 191 Å². The van der Waals surface area contributed by atoms with Gasteiger partial charge in [0.05, 0.1) is 12.1 Å². The molecule has 0 aliphatic heterocycles. The van der Waals surface area contributed by atoms with Crippen molar-refractivity contribution in [2.24, 2.45) is 0 Å². The molecule has 2 heterocycles. The fourth-order valence-electron chi connectivity index (χ4n) is 4.00. The van der Waals surface area contributed by atoms with Crippen LogP contribution >= 0.6 is 11.6 Å². The van der Waals surface area contributed by atoms with Gasteiger partial charge >= 0.3 is 0 Å². The molecule has 0 saturated heterocycles. The molecule has 1 aliphatic rings. The van der Waals surface area contributed by atoms with Gasteiger partial charge in [0.15, 0.2) is 11.5 Å². The summed E-state index contributed by atoms with van der Waals surface area (Å²) in [5.74, 6) is 0.0388. The molecule has 0 radical (unpaired) electrons. The fraction of sp³-hybridized carbons (Fsp3) is 0.333. The molecule has 7 nitrogen and oxygen atoms in total. The van der Waals surface area contributed by atoms with Crippen molar-refractivity contribution < 1.29 is 14.1 Å². The van der Waals surface area contributed by atoms with Crippen LogP contribution in [0.25, 0.3) is 0 Å². The smallest absolute Gasteiger partial charge is 0.273 e. The molecule has 32 heavy (non-hydrogen) atoms. The number of rotatable bonds is 7. The molecule has 1 N–H and O–H groups in total. The maximum absolute atomic E-state index is 13.2. The van der Waals surface area contributed by atoms with Gasteiger partial charge in [-0.05, 0) is 42.7 Å². The molecule has 0 spiro atoms. The molecular weight excluding hydrogens is 428 g/mol. The van der Waals surface area contributed by atoms with Crippen LogP contribution in [0.4, 0.5) is 0 Å². The van der Waals surface area contributed by atoms with Gasteiger partial charge < -0.3 is 14.7 Å². The average Bonchev–Trinajstić information content (AvgIpc) is 3.31. The van der Waals surface area contributed by atoms with Crippen LogP contribution in [-0.2, 0) is 13.1 Å². The minimum atomic E-state index is -0.345. The van der Waals surface area contributed by atoms with Gasteiger partial charge in [0.1, 0.15) is 0 Å². The summed E-state index contributed by atoms with van der Waals surface area (Å²) in [5.41, 5.74) is 1.61. The van der Waals surface area contributed by atoms with Gasteiger partial charge in [-0.15, -0.1) is 0 Å². The zero-order chi connectivity index (χ0) is 22.3. The van der Waals surface area contributed by atoms with E-state index in [0.29, 0.717) is 22.9 Å². The molecule has 3 aromatic rings. The number of hydrogen-bond acceptors (Lipinski definition) is 5. The minimum absolute atomic E-state index is 0.0895. The normalized spacial score (nSPS) is 14.2. The Morgan fingerprint density at radius 3 is 2.72 bits per heavy atom. The van der Waals surface area contributed by atoms with E-state index < -0.39 is 0 Å². The Balaban J connectivity index is 1.44. The van der Waals surface area contributed by atoms with Crippen LogP contribution in [0.1, 0.15) is 64.3 Å². The number of benzene rings is 1. The Morgan fingerprint density at radius 2 is 1.97 bits per heavy atom. The monoisotopic (exact) mass is 452 g/mol. The number of halogens is 1. The molecule has 1 saturated carbocycles. The Kier molecular flexibility index (Phi) is 7.17. The minimum Gasteiger partial charge on any atom is -0.359 e. The first kappa shape index (κ1) is 22.0. The number of hydrogen-bond donors (Lipinski definition) is 1. The van der Waals surface area contributed by atoms with Gasteiger partial charge in [-0.3, -0.25) is 14.6 Å². The number of nitrogens with one attached hydrogen (secondary N) is 1. The largest absolute Gasteiger partial charge is 0.359 e. The van der Waals surface area contributed by atoms with Crippen molar-refractivity contribution in [2.75, 3.05) is 0 Å². The van der Waals surface area contributed by atoms with Gasteiger partial charge in [0, 0.05) is 36.1 Å². The zero-order valence-corrected chi connectivity index (χ0v) is 18.4. The summed E-state index contributed by atoms with van der Waals surface area (Å²) < 4.78 is 5.42. The summed E-state index contributed by atoms with van der Waals surface area (Å²) in [6.07, 6.45) is 8.49. The van der Waals surface area contributed by atoms with Crippen molar-refractivity contribution in [1.29, 1.82) is 0 Å². The molecule has 0 atom stereocenters. The van der Waals surface area contributed by atoms with Crippen LogP contribution < -0.4 is 5.32 Å². The Bertz CT molecular complexity index is 1060. The summed E-state index contributed by atoms with van der Waals surface area (Å²) >= 11 is 5.99. The van der Waals surface area contributed by atoms with Gasteiger partial charge in [0.2, 0.25) is 0 Å². The second-order valence-corrected chi connectivity index (χ2v) is 8.39. The third-order valence-corrected chi connectivity index (χ3v) is 5.88. The highest BCUT2D eigenvalue weighted by Gasteiger charge is 2.28. The van der Waals surface area contributed by atoms with E-state index in [1.54, 1.807) is 42.7 Å². The lowest BCUT2D eigenvalue weighted by molar-refractivity contribution is 0.0590. The van der Waals surface area contributed by atoms with Crippen LogP contribution in [0.2, 0.25) is 5.02 Å². The van der Waals surface area contributed by atoms with Crippen LogP contribution in [0.5, 0.6) is 0 Å². The van der Waals surface area contributed by atoms with Crippen molar-refractivity contribution in [2.45, 2.75) is 51.2 Å². The third kappa shape index (κ3) is 5.53. The molecule has 2 aromatic heterocycles. The first-order valence-electron chi connectivity index (χ1n) is 10.8. The topological polar surface area (TPSA) is 88.3 Å². The van der Waals surface area contributed by atoms with E-state index >= 15 is 0 Å². The van der Waals surface area contributed by atoms with Crippen LogP contribution in [0, 0.1) is 0 Å². The molecule has 1 aromatic carbocycles. The molecule has 8 heteroatoms. The lowest BCUT2D eigenvalue weighted by Crippen LogP contribution is -2.41. The second-order valence-electron chi connectivity index (χ2n) is 7.96. The number of carbonyl (C=O) groups excluding carboxylic acids is 2. The lowest BCUT2D eigenvalue weighted by Gasteiger charge is -2.33. The maximum Gasteiger partial charge on any atom is 0.273 e. The first-order chi connectivity index (χ1) is 15.6. The molecule has 4 rings (SSSR count). The number of nitrogens with zero attached hydrogens (tertiary/aromatic N) is 3. The first-order valence-corrected chi connectivity index (χ1v) is 11.2.